The third-order valence-corrected chi connectivity index (χ3v) is 2.65. The molecule has 1 N–H and O–H groups in total. The van der Waals surface area contributed by atoms with E-state index in [1.54, 1.807) is 0 Å². The molecule has 1 aromatic carbocycles. The van der Waals surface area contributed by atoms with Gasteiger partial charge in [0.1, 0.15) is 12.4 Å². The molecule has 2 nitrogen and oxygen atoms in total. The molecule has 0 aromatic heterocycles. The van der Waals surface area contributed by atoms with Crippen molar-refractivity contribution in [2.45, 2.75) is 26.1 Å². The SMILES string of the molecule is CC(C)NCCOc1cc(Br)ccc1C(F)(F)F. The van der Waals surface area contributed by atoms with Crippen molar-refractivity contribution in [3.05, 3.63) is 28.2 Å². The minimum absolute atomic E-state index is 0.151. The Labute approximate surface area is 113 Å². The number of nitrogens with one attached hydrogen (secondary N) is 1. The topological polar surface area (TPSA) is 21.3 Å². The van der Waals surface area contributed by atoms with Gasteiger partial charge in [0.15, 0.2) is 0 Å². The maximum Gasteiger partial charge on any atom is 0.419 e. The summed E-state index contributed by atoms with van der Waals surface area (Å²) >= 11 is 3.13. The van der Waals surface area contributed by atoms with Crippen LogP contribution in [0.2, 0.25) is 0 Å². The Kier molecular flexibility index (Phi) is 5.47. The molecule has 0 heterocycles. The second-order valence-electron chi connectivity index (χ2n) is 4.10. The van der Waals surface area contributed by atoms with E-state index < -0.39 is 11.7 Å². The molecule has 1 rings (SSSR count). The lowest BCUT2D eigenvalue weighted by molar-refractivity contribution is -0.138. The standard InChI is InChI=1S/C12H15BrF3NO/c1-8(2)17-5-6-18-11-7-9(13)3-4-10(11)12(14,15)16/h3-4,7-8,17H,5-6H2,1-2H3. The number of hydrogen-bond donors (Lipinski definition) is 1. The Morgan fingerprint density at radius 1 is 1.33 bits per heavy atom. The van der Waals surface area contributed by atoms with Gasteiger partial charge in [0.2, 0.25) is 0 Å². The minimum Gasteiger partial charge on any atom is -0.492 e. The first kappa shape index (κ1) is 15.3. The molecule has 0 saturated heterocycles. The van der Waals surface area contributed by atoms with Crippen molar-refractivity contribution in [2.75, 3.05) is 13.2 Å². The van der Waals surface area contributed by atoms with Crippen molar-refractivity contribution in [2.24, 2.45) is 0 Å². The van der Waals surface area contributed by atoms with Gasteiger partial charge in [0.05, 0.1) is 5.56 Å². The smallest absolute Gasteiger partial charge is 0.419 e. The molecular weight excluding hydrogens is 311 g/mol. The summed E-state index contributed by atoms with van der Waals surface area (Å²) in [5.41, 5.74) is -0.754. The molecule has 0 atom stereocenters. The molecule has 0 fully saturated rings. The third-order valence-electron chi connectivity index (χ3n) is 2.16. The van der Waals surface area contributed by atoms with Crippen molar-refractivity contribution >= 4 is 15.9 Å². The number of halogens is 4. The Bertz CT molecular complexity index is 393. The van der Waals surface area contributed by atoms with Gasteiger partial charge in [-0.3, -0.25) is 0 Å². The molecule has 0 spiro atoms. The van der Waals surface area contributed by atoms with E-state index >= 15 is 0 Å². The maximum atomic E-state index is 12.7. The lowest BCUT2D eigenvalue weighted by atomic mass is 10.2. The van der Waals surface area contributed by atoms with Gasteiger partial charge in [-0.25, -0.2) is 0 Å². The summed E-state index contributed by atoms with van der Waals surface area (Å²) in [5, 5.41) is 3.07. The monoisotopic (exact) mass is 325 g/mol. The largest absolute Gasteiger partial charge is 0.492 e. The van der Waals surface area contributed by atoms with Gasteiger partial charge < -0.3 is 10.1 Å². The van der Waals surface area contributed by atoms with Gasteiger partial charge in [-0.05, 0) is 18.2 Å². The first-order valence-electron chi connectivity index (χ1n) is 5.53. The molecule has 0 amide bonds. The first-order valence-corrected chi connectivity index (χ1v) is 6.33. The van der Waals surface area contributed by atoms with Crippen molar-refractivity contribution in [1.82, 2.24) is 5.32 Å². The van der Waals surface area contributed by atoms with Gasteiger partial charge >= 0.3 is 6.18 Å². The van der Waals surface area contributed by atoms with E-state index in [-0.39, 0.29) is 18.4 Å². The fourth-order valence-corrected chi connectivity index (χ4v) is 1.70. The Balaban J connectivity index is 2.71. The number of alkyl halides is 3. The molecule has 0 aliphatic rings. The predicted molar refractivity (Wildman–Crippen MR) is 67.8 cm³/mol. The molecule has 6 heteroatoms. The van der Waals surface area contributed by atoms with Crippen molar-refractivity contribution in [3.63, 3.8) is 0 Å². The lowest BCUT2D eigenvalue weighted by Gasteiger charge is -2.15. The molecular formula is C12H15BrF3NO. The second kappa shape index (κ2) is 6.43. The van der Waals surface area contributed by atoms with Gasteiger partial charge in [0.25, 0.3) is 0 Å². The molecule has 0 aliphatic heterocycles. The van der Waals surface area contributed by atoms with Gasteiger partial charge in [-0.15, -0.1) is 0 Å². The summed E-state index contributed by atoms with van der Waals surface area (Å²) in [4.78, 5) is 0. The minimum atomic E-state index is -4.40. The van der Waals surface area contributed by atoms with Crippen molar-refractivity contribution in [1.29, 1.82) is 0 Å². The Morgan fingerprint density at radius 2 is 2.00 bits per heavy atom. The van der Waals surface area contributed by atoms with Crippen LogP contribution in [-0.2, 0) is 6.18 Å². The van der Waals surface area contributed by atoms with E-state index in [1.165, 1.54) is 12.1 Å². The summed E-state index contributed by atoms with van der Waals surface area (Å²) in [7, 11) is 0. The summed E-state index contributed by atoms with van der Waals surface area (Å²) < 4.78 is 43.9. The highest BCUT2D eigenvalue weighted by Crippen LogP contribution is 2.37. The molecule has 1 aromatic rings. The number of rotatable bonds is 5. The van der Waals surface area contributed by atoms with E-state index in [4.69, 9.17) is 4.74 Å². The van der Waals surface area contributed by atoms with Crippen LogP contribution < -0.4 is 10.1 Å². The van der Waals surface area contributed by atoms with Crippen molar-refractivity contribution in [3.8, 4) is 5.75 Å². The molecule has 0 saturated carbocycles. The van der Waals surface area contributed by atoms with Crippen LogP contribution in [0.1, 0.15) is 19.4 Å². The molecule has 18 heavy (non-hydrogen) atoms. The predicted octanol–water partition coefficient (Wildman–Crippen LogP) is 3.84. The number of hydrogen-bond acceptors (Lipinski definition) is 2. The van der Waals surface area contributed by atoms with E-state index in [9.17, 15) is 13.2 Å². The first-order chi connectivity index (χ1) is 8.30. The number of ether oxygens (including phenoxy) is 1. The van der Waals surface area contributed by atoms with Crippen LogP contribution >= 0.6 is 15.9 Å². The summed E-state index contributed by atoms with van der Waals surface area (Å²) in [5.74, 6) is -0.151. The summed E-state index contributed by atoms with van der Waals surface area (Å²) in [6.07, 6.45) is -4.40. The zero-order valence-corrected chi connectivity index (χ0v) is 11.7. The van der Waals surface area contributed by atoms with Crippen LogP contribution in [0.25, 0.3) is 0 Å². The average Bonchev–Trinajstić information content (AvgIpc) is 2.22. The van der Waals surface area contributed by atoms with Crippen LogP contribution in [-0.4, -0.2) is 19.2 Å². The van der Waals surface area contributed by atoms with Crippen LogP contribution in [0, 0.1) is 0 Å². The van der Waals surface area contributed by atoms with Gasteiger partial charge in [0, 0.05) is 17.1 Å². The zero-order chi connectivity index (χ0) is 13.8. The van der Waals surface area contributed by atoms with E-state index in [0.717, 1.165) is 6.07 Å². The maximum absolute atomic E-state index is 12.7. The molecule has 0 unspecified atom stereocenters. The molecule has 0 radical (unpaired) electrons. The van der Waals surface area contributed by atoms with E-state index in [1.807, 2.05) is 13.8 Å². The van der Waals surface area contributed by atoms with Gasteiger partial charge in [-0.1, -0.05) is 29.8 Å². The van der Waals surface area contributed by atoms with Crippen LogP contribution in [0.3, 0.4) is 0 Å². The Morgan fingerprint density at radius 3 is 2.56 bits per heavy atom. The zero-order valence-electron chi connectivity index (χ0n) is 10.1. The van der Waals surface area contributed by atoms with E-state index in [0.29, 0.717) is 11.0 Å². The fraction of sp³-hybridized carbons (Fsp3) is 0.500. The third kappa shape index (κ3) is 4.86. The quantitative estimate of drug-likeness (QED) is 0.830. The highest BCUT2D eigenvalue weighted by molar-refractivity contribution is 9.10. The van der Waals surface area contributed by atoms with Crippen molar-refractivity contribution < 1.29 is 17.9 Å². The number of benzene rings is 1. The highest BCUT2D eigenvalue weighted by Gasteiger charge is 2.34. The Hall–Kier alpha value is -0.750. The summed E-state index contributed by atoms with van der Waals surface area (Å²) in [6, 6.07) is 3.97. The average molecular weight is 326 g/mol. The molecule has 102 valence electrons. The van der Waals surface area contributed by atoms with Crippen LogP contribution in [0.15, 0.2) is 22.7 Å². The summed E-state index contributed by atoms with van der Waals surface area (Å²) in [6.45, 7) is 4.61. The van der Waals surface area contributed by atoms with E-state index in [2.05, 4.69) is 21.2 Å². The lowest BCUT2D eigenvalue weighted by Crippen LogP contribution is -2.27. The van der Waals surface area contributed by atoms with Crippen LogP contribution in [0.4, 0.5) is 13.2 Å². The van der Waals surface area contributed by atoms with Gasteiger partial charge in [-0.2, -0.15) is 13.2 Å². The fourth-order valence-electron chi connectivity index (χ4n) is 1.36. The highest BCUT2D eigenvalue weighted by atomic mass is 79.9. The molecule has 0 bridgehead atoms. The molecule has 0 aliphatic carbocycles. The van der Waals surface area contributed by atoms with Crippen LogP contribution in [0.5, 0.6) is 5.75 Å². The second-order valence-corrected chi connectivity index (χ2v) is 5.01. The normalized spacial score (nSPS) is 11.9.